The molecule has 0 bridgehead atoms. The molecule has 0 amide bonds. The molecule has 0 aromatic heterocycles. The highest BCUT2D eigenvalue weighted by atomic mass is 79.9. The lowest BCUT2D eigenvalue weighted by Gasteiger charge is -2.25. The van der Waals surface area contributed by atoms with Crippen molar-refractivity contribution in [3.63, 3.8) is 0 Å². The Labute approximate surface area is 95.8 Å². The molecule has 0 saturated heterocycles. The molecule has 0 heterocycles. The second-order valence-corrected chi connectivity index (χ2v) is 5.02. The lowest BCUT2D eigenvalue weighted by molar-refractivity contribution is 0.00288. The maximum Gasteiger partial charge on any atom is 0.250 e. The topological polar surface area (TPSA) is 26.0 Å². The van der Waals surface area contributed by atoms with Crippen molar-refractivity contribution < 1.29 is 8.78 Å². The van der Waals surface area contributed by atoms with Crippen LogP contribution in [0.25, 0.3) is 0 Å². The van der Waals surface area contributed by atoms with Crippen molar-refractivity contribution in [3.05, 3.63) is 34.3 Å². The number of hydrogen-bond donors (Lipinski definition) is 1. The first-order valence-electron chi connectivity index (χ1n) is 4.85. The monoisotopic (exact) mass is 275 g/mol. The van der Waals surface area contributed by atoms with E-state index in [0.717, 1.165) is 10.0 Å². The Morgan fingerprint density at radius 1 is 1.20 bits per heavy atom. The minimum absolute atomic E-state index is 0.120. The highest BCUT2D eigenvalue weighted by Gasteiger charge is 2.48. The third-order valence-corrected chi connectivity index (χ3v) is 3.61. The summed E-state index contributed by atoms with van der Waals surface area (Å²) in [6, 6.07) is 7.32. The Morgan fingerprint density at radius 2 is 1.87 bits per heavy atom. The molecule has 82 valence electrons. The molecule has 1 aromatic carbocycles. The van der Waals surface area contributed by atoms with Gasteiger partial charge in [0, 0.05) is 22.9 Å². The molecule has 1 fully saturated rings. The molecule has 0 radical (unpaired) electrons. The molecule has 1 unspecified atom stereocenters. The van der Waals surface area contributed by atoms with Gasteiger partial charge in [0.2, 0.25) is 5.92 Å². The summed E-state index contributed by atoms with van der Waals surface area (Å²) in [7, 11) is 0. The minimum atomic E-state index is -2.62. The second kappa shape index (κ2) is 3.52. The third-order valence-electron chi connectivity index (χ3n) is 2.92. The van der Waals surface area contributed by atoms with Gasteiger partial charge in [-0.2, -0.15) is 0 Å². The van der Waals surface area contributed by atoms with Gasteiger partial charge in [0.1, 0.15) is 0 Å². The standard InChI is InChI=1S/C11H12BrF2N/c12-9-4-2-1-3-8(9)10(15)5-6-11(13,14)7-10/h1-4H,5-7,15H2. The van der Waals surface area contributed by atoms with Crippen molar-refractivity contribution >= 4 is 15.9 Å². The van der Waals surface area contributed by atoms with Crippen molar-refractivity contribution in [1.82, 2.24) is 0 Å². The maximum absolute atomic E-state index is 13.2. The summed E-state index contributed by atoms with van der Waals surface area (Å²) in [5.41, 5.74) is 5.94. The Kier molecular flexibility index (Phi) is 2.59. The van der Waals surface area contributed by atoms with Crippen LogP contribution in [0, 0.1) is 0 Å². The van der Waals surface area contributed by atoms with Crippen LogP contribution < -0.4 is 5.73 Å². The summed E-state index contributed by atoms with van der Waals surface area (Å²) in [5.74, 6) is -2.62. The second-order valence-electron chi connectivity index (χ2n) is 4.17. The number of hydrogen-bond acceptors (Lipinski definition) is 1. The van der Waals surface area contributed by atoms with Crippen LogP contribution in [0.5, 0.6) is 0 Å². The molecule has 1 aliphatic carbocycles. The first-order valence-corrected chi connectivity index (χ1v) is 5.64. The third kappa shape index (κ3) is 2.06. The molecule has 1 nitrogen and oxygen atoms in total. The van der Waals surface area contributed by atoms with Crippen molar-refractivity contribution in [2.75, 3.05) is 0 Å². The van der Waals surface area contributed by atoms with Crippen LogP contribution in [0.4, 0.5) is 8.78 Å². The number of nitrogens with two attached hydrogens (primary N) is 1. The summed E-state index contributed by atoms with van der Waals surface area (Å²) in [4.78, 5) is 0. The van der Waals surface area contributed by atoms with Crippen LogP contribution in [0.1, 0.15) is 24.8 Å². The number of alkyl halides is 2. The smallest absolute Gasteiger partial charge is 0.250 e. The predicted octanol–water partition coefficient (Wildman–Crippen LogP) is 3.42. The summed E-state index contributed by atoms with van der Waals surface area (Å²) < 4.78 is 27.1. The van der Waals surface area contributed by atoms with Crippen molar-refractivity contribution in [2.24, 2.45) is 5.73 Å². The van der Waals surface area contributed by atoms with Gasteiger partial charge in [0.25, 0.3) is 0 Å². The van der Waals surface area contributed by atoms with Crippen molar-refractivity contribution in [3.8, 4) is 0 Å². The van der Waals surface area contributed by atoms with Gasteiger partial charge in [-0.1, -0.05) is 34.1 Å². The highest BCUT2D eigenvalue weighted by Crippen LogP contribution is 2.47. The first-order chi connectivity index (χ1) is 6.93. The average molecular weight is 276 g/mol. The molecule has 0 aliphatic heterocycles. The number of halogens is 3. The van der Waals surface area contributed by atoms with Gasteiger partial charge >= 0.3 is 0 Å². The zero-order valence-electron chi connectivity index (χ0n) is 8.14. The van der Waals surface area contributed by atoms with Crippen LogP contribution in [-0.4, -0.2) is 5.92 Å². The zero-order valence-corrected chi connectivity index (χ0v) is 9.73. The molecule has 0 spiro atoms. The fourth-order valence-electron chi connectivity index (χ4n) is 2.14. The van der Waals surface area contributed by atoms with Gasteiger partial charge in [-0.05, 0) is 18.1 Å². The van der Waals surface area contributed by atoms with Crippen LogP contribution in [0.15, 0.2) is 28.7 Å². The Morgan fingerprint density at radius 3 is 2.40 bits per heavy atom. The first kappa shape index (κ1) is 11.0. The lowest BCUT2D eigenvalue weighted by atomic mass is 9.89. The van der Waals surface area contributed by atoms with Crippen LogP contribution >= 0.6 is 15.9 Å². The van der Waals surface area contributed by atoms with Crippen LogP contribution in [0.3, 0.4) is 0 Å². The molecule has 1 saturated carbocycles. The fraction of sp³-hybridized carbons (Fsp3) is 0.455. The SMILES string of the molecule is NC1(c2ccccc2Br)CCC(F)(F)C1. The molecule has 1 aliphatic rings. The maximum atomic E-state index is 13.2. The quantitative estimate of drug-likeness (QED) is 0.835. The molecule has 15 heavy (non-hydrogen) atoms. The van der Waals surface area contributed by atoms with E-state index in [1.807, 2.05) is 24.3 Å². The zero-order chi connectivity index (χ0) is 11.1. The Balaban J connectivity index is 2.36. The van der Waals surface area contributed by atoms with E-state index in [4.69, 9.17) is 5.73 Å². The van der Waals surface area contributed by atoms with Gasteiger partial charge in [0.05, 0.1) is 0 Å². The van der Waals surface area contributed by atoms with Gasteiger partial charge in [0.15, 0.2) is 0 Å². The summed E-state index contributed by atoms with van der Waals surface area (Å²) >= 11 is 3.35. The van der Waals surface area contributed by atoms with E-state index in [9.17, 15) is 8.78 Å². The van der Waals surface area contributed by atoms with E-state index in [-0.39, 0.29) is 12.8 Å². The van der Waals surface area contributed by atoms with Gasteiger partial charge in [-0.3, -0.25) is 0 Å². The van der Waals surface area contributed by atoms with Gasteiger partial charge < -0.3 is 5.73 Å². The summed E-state index contributed by atoms with van der Waals surface area (Å²) in [6.45, 7) is 0. The number of benzene rings is 1. The van der Waals surface area contributed by atoms with E-state index in [1.54, 1.807) is 0 Å². The predicted molar refractivity (Wildman–Crippen MR) is 58.8 cm³/mol. The van der Waals surface area contributed by atoms with Crippen LogP contribution in [0.2, 0.25) is 0 Å². The molecular weight excluding hydrogens is 264 g/mol. The highest BCUT2D eigenvalue weighted by molar-refractivity contribution is 9.10. The molecule has 2 N–H and O–H groups in total. The molecule has 1 atom stereocenters. The van der Waals surface area contributed by atoms with Gasteiger partial charge in [-0.15, -0.1) is 0 Å². The Bertz CT molecular complexity index is 381. The van der Waals surface area contributed by atoms with Crippen molar-refractivity contribution in [1.29, 1.82) is 0 Å². The molecule has 1 aromatic rings. The number of rotatable bonds is 1. The normalized spacial score (nSPS) is 29.3. The van der Waals surface area contributed by atoms with Crippen molar-refractivity contribution in [2.45, 2.75) is 30.7 Å². The van der Waals surface area contributed by atoms with E-state index in [2.05, 4.69) is 15.9 Å². The van der Waals surface area contributed by atoms with Crippen LogP contribution in [-0.2, 0) is 5.54 Å². The molecular formula is C11H12BrF2N. The summed E-state index contributed by atoms with van der Waals surface area (Å²) in [6.07, 6.45) is -0.0456. The minimum Gasteiger partial charge on any atom is -0.321 e. The van der Waals surface area contributed by atoms with E-state index < -0.39 is 11.5 Å². The largest absolute Gasteiger partial charge is 0.321 e. The van der Waals surface area contributed by atoms with E-state index in [1.165, 1.54) is 0 Å². The summed E-state index contributed by atoms with van der Waals surface area (Å²) in [5, 5.41) is 0. The Hall–Kier alpha value is -0.480. The fourth-order valence-corrected chi connectivity index (χ4v) is 2.82. The average Bonchev–Trinajstić information content (AvgIpc) is 2.42. The van der Waals surface area contributed by atoms with Gasteiger partial charge in [-0.25, -0.2) is 8.78 Å². The van der Waals surface area contributed by atoms with E-state index >= 15 is 0 Å². The molecule has 2 rings (SSSR count). The van der Waals surface area contributed by atoms with E-state index in [0.29, 0.717) is 6.42 Å². The molecule has 4 heteroatoms. The lowest BCUT2D eigenvalue weighted by Crippen LogP contribution is -2.35.